The molecule has 1 fully saturated rings. The van der Waals surface area contributed by atoms with Crippen LogP contribution < -0.4 is 15.0 Å². The van der Waals surface area contributed by atoms with Crippen molar-refractivity contribution in [3.63, 3.8) is 0 Å². The van der Waals surface area contributed by atoms with Crippen LogP contribution in [-0.2, 0) is 4.74 Å². The van der Waals surface area contributed by atoms with Gasteiger partial charge in [-0.05, 0) is 12.1 Å². The highest BCUT2D eigenvalue weighted by atomic mass is 19.1. The number of anilines is 2. The first kappa shape index (κ1) is 21.8. The Kier molecular flexibility index (Phi) is 5.82. The molecule has 0 radical (unpaired) electrons. The molecule has 4 heterocycles. The number of carbonyl (C=O) groups is 1. The Bertz CT molecular complexity index is 1320. The van der Waals surface area contributed by atoms with E-state index in [0.717, 1.165) is 0 Å². The van der Waals surface area contributed by atoms with E-state index in [0.29, 0.717) is 53.9 Å². The summed E-state index contributed by atoms with van der Waals surface area (Å²) in [5, 5.41) is 18.9. The maximum Gasteiger partial charge on any atom is 0.258 e. The van der Waals surface area contributed by atoms with Gasteiger partial charge in [0.2, 0.25) is 0 Å². The van der Waals surface area contributed by atoms with Gasteiger partial charge < -0.3 is 29.8 Å². The third kappa shape index (κ3) is 4.28. The lowest BCUT2D eigenvalue weighted by Crippen LogP contribution is -2.44. The summed E-state index contributed by atoms with van der Waals surface area (Å²) in [6, 6.07) is 7.92. The SMILES string of the molecule is COc1cc(F)c2nc(-c3cc(NC(=O)c4ccc(N5CCOC(CO)C5)nc4)n[nH]3)[nH]c2c1. The van der Waals surface area contributed by atoms with E-state index in [9.17, 15) is 14.3 Å². The highest BCUT2D eigenvalue weighted by molar-refractivity contribution is 6.03. The van der Waals surface area contributed by atoms with Crippen LogP contribution in [0.3, 0.4) is 0 Å². The number of fused-ring (bicyclic) bond motifs is 1. The molecule has 11 nitrogen and oxygen atoms in total. The number of aromatic amines is 2. The number of pyridine rings is 1. The normalized spacial score (nSPS) is 16.1. The third-order valence-electron chi connectivity index (χ3n) is 5.50. The number of rotatable bonds is 6. The zero-order valence-electron chi connectivity index (χ0n) is 18.2. The van der Waals surface area contributed by atoms with Gasteiger partial charge in [-0.15, -0.1) is 0 Å². The molecule has 0 spiro atoms. The lowest BCUT2D eigenvalue weighted by Gasteiger charge is -2.32. The number of hydrogen-bond donors (Lipinski definition) is 4. The number of nitrogens with zero attached hydrogens (tertiary/aromatic N) is 4. The van der Waals surface area contributed by atoms with Gasteiger partial charge in [0.25, 0.3) is 5.91 Å². The minimum Gasteiger partial charge on any atom is -0.497 e. The Balaban J connectivity index is 1.28. The second-order valence-electron chi connectivity index (χ2n) is 7.74. The quantitative estimate of drug-likeness (QED) is 0.337. The molecular formula is C22H22FN7O4. The Morgan fingerprint density at radius 2 is 2.26 bits per heavy atom. The molecule has 4 N–H and O–H groups in total. The first-order chi connectivity index (χ1) is 16.5. The van der Waals surface area contributed by atoms with Gasteiger partial charge in [-0.25, -0.2) is 14.4 Å². The Hall–Kier alpha value is -4.03. The van der Waals surface area contributed by atoms with Crippen LogP contribution in [0, 0.1) is 5.82 Å². The molecule has 0 saturated carbocycles. The average molecular weight is 467 g/mol. The van der Waals surface area contributed by atoms with Crippen molar-refractivity contribution in [3.8, 4) is 17.3 Å². The Morgan fingerprint density at radius 3 is 3.03 bits per heavy atom. The molecule has 1 amide bonds. The fourth-order valence-corrected chi connectivity index (χ4v) is 3.74. The van der Waals surface area contributed by atoms with Gasteiger partial charge in [0.05, 0.1) is 37.5 Å². The minimum atomic E-state index is -0.509. The van der Waals surface area contributed by atoms with E-state index >= 15 is 0 Å². The highest BCUT2D eigenvalue weighted by Crippen LogP contribution is 2.26. The van der Waals surface area contributed by atoms with Gasteiger partial charge in [0, 0.05) is 37.5 Å². The molecule has 1 atom stereocenters. The number of amides is 1. The number of halogens is 1. The highest BCUT2D eigenvalue weighted by Gasteiger charge is 2.21. The van der Waals surface area contributed by atoms with Crippen LogP contribution >= 0.6 is 0 Å². The maximum atomic E-state index is 14.2. The number of hydrogen-bond acceptors (Lipinski definition) is 8. The van der Waals surface area contributed by atoms with Crippen LogP contribution in [0.4, 0.5) is 16.0 Å². The number of morpholine rings is 1. The lowest BCUT2D eigenvalue weighted by atomic mass is 10.2. The molecule has 0 bridgehead atoms. The molecule has 176 valence electrons. The molecule has 5 rings (SSSR count). The first-order valence-corrected chi connectivity index (χ1v) is 10.6. The van der Waals surface area contributed by atoms with Crippen molar-refractivity contribution < 1.29 is 23.8 Å². The number of ether oxygens (including phenoxy) is 2. The number of methoxy groups -OCH3 is 1. The number of imidazole rings is 1. The van der Waals surface area contributed by atoms with Gasteiger partial charge in [-0.2, -0.15) is 5.10 Å². The van der Waals surface area contributed by atoms with E-state index < -0.39 is 5.82 Å². The third-order valence-corrected chi connectivity index (χ3v) is 5.50. The minimum absolute atomic E-state index is 0.0557. The fraction of sp³-hybridized carbons (Fsp3) is 0.273. The summed E-state index contributed by atoms with van der Waals surface area (Å²) in [5.41, 5.74) is 1.48. The van der Waals surface area contributed by atoms with Crippen molar-refractivity contribution in [3.05, 3.63) is 47.9 Å². The molecule has 3 aromatic heterocycles. The van der Waals surface area contributed by atoms with Crippen LogP contribution in [0.5, 0.6) is 5.75 Å². The standard InChI is InChI=1S/C22H22FN7O4/c1-33-13-6-15(23)20-16(7-13)25-21(27-20)17-8-18(29-28-17)26-22(32)12-2-3-19(24-9-12)30-4-5-34-14(10-30)11-31/h2-3,6-9,14,31H,4-5,10-11H2,1H3,(H,25,27)(H2,26,28,29,32). The first-order valence-electron chi connectivity index (χ1n) is 10.6. The predicted molar refractivity (Wildman–Crippen MR) is 121 cm³/mol. The molecule has 1 saturated heterocycles. The molecule has 1 unspecified atom stereocenters. The largest absolute Gasteiger partial charge is 0.497 e. The van der Waals surface area contributed by atoms with E-state index in [1.807, 2.05) is 4.90 Å². The fourth-order valence-electron chi connectivity index (χ4n) is 3.74. The molecule has 4 aromatic rings. The van der Waals surface area contributed by atoms with E-state index in [1.165, 1.54) is 19.4 Å². The summed E-state index contributed by atoms with van der Waals surface area (Å²) in [6.07, 6.45) is 1.23. The summed E-state index contributed by atoms with van der Waals surface area (Å²) in [4.78, 5) is 26.3. The topological polar surface area (TPSA) is 141 Å². The Morgan fingerprint density at radius 1 is 1.38 bits per heavy atom. The molecule has 0 aliphatic carbocycles. The van der Waals surface area contributed by atoms with E-state index in [4.69, 9.17) is 9.47 Å². The van der Waals surface area contributed by atoms with Crippen molar-refractivity contribution in [2.75, 3.05) is 43.6 Å². The Labute approximate surface area is 192 Å². The van der Waals surface area contributed by atoms with Crippen molar-refractivity contribution in [1.82, 2.24) is 25.1 Å². The van der Waals surface area contributed by atoms with Gasteiger partial charge >= 0.3 is 0 Å². The number of aliphatic hydroxyl groups is 1. The number of nitrogens with one attached hydrogen (secondary N) is 3. The smallest absolute Gasteiger partial charge is 0.258 e. The van der Waals surface area contributed by atoms with Crippen LogP contribution in [0.15, 0.2) is 36.5 Å². The van der Waals surface area contributed by atoms with Crippen molar-refractivity contribution >= 4 is 28.6 Å². The maximum absolute atomic E-state index is 14.2. The number of carbonyl (C=O) groups excluding carboxylic acids is 1. The van der Waals surface area contributed by atoms with E-state index in [1.54, 1.807) is 24.3 Å². The zero-order chi connectivity index (χ0) is 23.7. The number of aliphatic hydroxyl groups excluding tert-OH is 1. The van der Waals surface area contributed by atoms with Crippen molar-refractivity contribution in [1.29, 1.82) is 0 Å². The van der Waals surface area contributed by atoms with Crippen LogP contribution in [0.25, 0.3) is 22.6 Å². The predicted octanol–water partition coefficient (Wildman–Crippen LogP) is 1.95. The zero-order valence-corrected chi connectivity index (χ0v) is 18.2. The van der Waals surface area contributed by atoms with Crippen LogP contribution in [0.2, 0.25) is 0 Å². The monoisotopic (exact) mass is 467 g/mol. The lowest BCUT2D eigenvalue weighted by molar-refractivity contribution is 0.00336. The van der Waals surface area contributed by atoms with Gasteiger partial charge in [0.1, 0.15) is 22.8 Å². The summed E-state index contributed by atoms with van der Waals surface area (Å²) in [6.45, 7) is 1.63. The summed E-state index contributed by atoms with van der Waals surface area (Å²) >= 11 is 0. The summed E-state index contributed by atoms with van der Waals surface area (Å²) in [5.74, 6) is 0.834. The molecule has 1 aromatic carbocycles. The van der Waals surface area contributed by atoms with Crippen LogP contribution in [0.1, 0.15) is 10.4 Å². The number of H-pyrrole nitrogens is 2. The van der Waals surface area contributed by atoms with Crippen molar-refractivity contribution in [2.24, 2.45) is 0 Å². The summed E-state index contributed by atoms with van der Waals surface area (Å²) < 4.78 is 24.8. The average Bonchev–Trinajstić information content (AvgIpc) is 3.51. The second-order valence-corrected chi connectivity index (χ2v) is 7.74. The molecule has 12 heteroatoms. The molecule has 1 aliphatic heterocycles. The van der Waals surface area contributed by atoms with Crippen LogP contribution in [-0.4, -0.2) is 75.7 Å². The van der Waals surface area contributed by atoms with E-state index in [2.05, 4.69) is 30.5 Å². The number of benzene rings is 1. The van der Waals surface area contributed by atoms with Crippen molar-refractivity contribution in [2.45, 2.75) is 6.10 Å². The van der Waals surface area contributed by atoms with Gasteiger partial charge in [0.15, 0.2) is 17.5 Å². The second kappa shape index (κ2) is 9.08. The molecular weight excluding hydrogens is 445 g/mol. The molecule has 34 heavy (non-hydrogen) atoms. The molecule has 1 aliphatic rings. The van der Waals surface area contributed by atoms with Gasteiger partial charge in [-0.1, -0.05) is 0 Å². The van der Waals surface area contributed by atoms with E-state index in [-0.39, 0.29) is 30.0 Å². The van der Waals surface area contributed by atoms with Gasteiger partial charge in [-0.3, -0.25) is 9.89 Å². The summed E-state index contributed by atoms with van der Waals surface area (Å²) in [7, 11) is 1.46. The number of aromatic nitrogens is 5.